The molecule has 9 heteroatoms. The number of carbonyl (C=O) groups excluding carboxylic acids is 5. The molecule has 1 rings (SSSR count). The Bertz CT molecular complexity index is 723. The zero-order valence-electron chi connectivity index (χ0n) is 16.6. The molecule has 3 amide bonds. The fraction of sp³-hybridized carbons (Fsp3) is 0.450. The molecule has 0 aromatic heterocycles. The van der Waals surface area contributed by atoms with Crippen molar-refractivity contribution in [2.75, 3.05) is 6.54 Å². The first kappa shape index (κ1) is 24.0. The van der Waals surface area contributed by atoms with Crippen LogP contribution in [0.4, 0.5) is 0 Å². The lowest BCUT2D eigenvalue weighted by atomic mass is 10.0. The molecule has 9 nitrogen and oxygen atoms in total. The van der Waals surface area contributed by atoms with Crippen molar-refractivity contribution in [1.29, 1.82) is 0 Å². The summed E-state index contributed by atoms with van der Waals surface area (Å²) in [5.41, 5.74) is 6.58. The van der Waals surface area contributed by atoms with Gasteiger partial charge < -0.3 is 26.5 Å². The van der Waals surface area contributed by atoms with Crippen molar-refractivity contribution < 1.29 is 24.0 Å². The van der Waals surface area contributed by atoms with Crippen LogP contribution in [0.25, 0.3) is 0 Å². The molecule has 0 unspecified atom stereocenters. The van der Waals surface area contributed by atoms with Crippen LogP contribution in [0.3, 0.4) is 0 Å². The highest BCUT2D eigenvalue weighted by molar-refractivity contribution is 6.38. The minimum atomic E-state index is -1.02. The van der Waals surface area contributed by atoms with Gasteiger partial charge in [0.25, 0.3) is 5.91 Å². The minimum absolute atomic E-state index is 0.201. The summed E-state index contributed by atoms with van der Waals surface area (Å²) in [6, 6.07) is 6.46. The van der Waals surface area contributed by atoms with E-state index in [2.05, 4.69) is 16.0 Å². The number of Topliss-reactive ketones (excluding diaryl/α,β-unsaturated/α-hetero) is 1. The summed E-state index contributed by atoms with van der Waals surface area (Å²) < 4.78 is 0. The van der Waals surface area contributed by atoms with Crippen LogP contribution in [0.15, 0.2) is 30.3 Å². The number of nitrogens with one attached hydrogen (secondary N) is 3. The molecule has 1 aromatic carbocycles. The summed E-state index contributed by atoms with van der Waals surface area (Å²) in [5, 5.41) is 7.10. The number of nitrogens with two attached hydrogens (primary N) is 1. The molecule has 0 bridgehead atoms. The van der Waals surface area contributed by atoms with E-state index in [4.69, 9.17) is 5.73 Å². The summed E-state index contributed by atoms with van der Waals surface area (Å²) in [4.78, 5) is 58.7. The maximum atomic E-state index is 12.0. The van der Waals surface area contributed by atoms with Crippen molar-refractivity contribution in [2.24, 2.45) is 5.73 Å². The molecule has 0 spiro atoms. The number of benzene rings is 1. The number of carbonyl (C=O) groups is 5. The van der Waals surface area contributed by atoms with Gasteiger partial charge in [-0.05, 0) is 25.3 Å². The molecule has 3 atom stereocenters. The van der Waals surface area contributed by atoms with E-state index >= 15 is 0 Å². The van der Waals surface area contributed by atoms with Crippen LogP contribution in [0.2, 0.25) is 0 Å². The molecule has 1 aromatic rings. The van der Waals surface area contributed by atoms with Crippen LogP contribution in [-0.2, 0) is 30.4 Å². The summed E-state index contributed by atoms with van der Waals surface area (Å²) in [7, 11) is 0. The second-order valence-corrected chi connectivity index (χ2v) is 6.67. The summed E-state index contributed by atoms with van der Waals surface area (Å²) >= 11 is 0. The first-order valence-corrected chi connectivity index (χ1v) is 9.45. The van der Waals surface area contributed by atoms with Gasteiger partial charge in [-0.2, -0.15) is 0 Å². The number of ketones is 1. The Morgan fingerprint density at radius 2 is 1.76 bits per heavy atom. The number of hydrogen-bond acceptors (Lipinski definition) is 6. The Kier molecular flexibility index (Phi) is 10.2. The predicted molar refractivity (Wildman–Crippen MR) is 107 cm³/mol. The Labute approximate surface area is 169 Å². The third-order valence-corrected chi connectivity index (χ3v) is 4.13. The fourth-order valence-electron chi connectivity index (χ4n) is 2.53. The Morgan fingerprint density at radius 3 is 2.34 bits per heavy atom. The van der Waals surface area contributed by atoms with Crippen molar-refractivity contribution in [2.45, 2.75) is 51.2 Å². The first-order valence-electron chi connectivity index (χ1n) is 9.45. The van der Waals surface area contributed by atoms with Crippen LogP contribution < -0.4 is 21.7 Å². The summed E-state index contributed by atoms with van der Waals surface area (Å²) in [6.07, 6.45) is 2.06. The van der Waals surface area contributed by atoms with Gasteiger partial charge in [0, 0.05) is 0 Å². The minimum Gasteiger partial charge on any atom is -0.345 e. The number of hydrogen-bond donors (Lipinski definition) is 4. The molecule has 0 heterocycles. The highest BCUT2D eigenvalue weighted by atomic mass is 16.2. The lowest BCUT2D eigenvalue weighted by Gasteiger charge is -2.17. The van der Waals surface area contributed by atoms with E-state index in [0.717, 1.165) is 12.0 Å². The number of aldehydes is 1. The lowest BCUT2D eigenvalue weighted by Crippen LogP contribution is -2.51. The van der Waals surface area contributed by atoms with Gasteiger partial charge in [-0.25, -0.2) is 0 Å². The standard InChI is InChI=1S/C20H28N4O5/c1-3-7-15(12-25)24-19(28)13(2)23-17(26)11-22-20(29)18(27)16(21)10-14-8-5-4-6-9-14/h4-6,8-9,12-13,15-16H,3,7,10-11,21H2,1-2H3,(H,22,29)(H,23,26)(H,24,28)/t13-,15-,16-/m0/s1. The number of amides is 3. The smallest absolute Gasteiger partial charge is 0.289 e. The zero-order valence-corrected chi connectivity index (χ0v) is 16.6. The van der Waals surface area contributed by atoms with E-state index in [1.54, 1.807) is 24.3 Å². The molecule has 0 aliphatic heterocycles. The summed E-state index contributed by atoms with van der Waals surface area (Å²) in [6.45, 7) is 2.85. The SMILES string of the molecule is CCC[C@@H](C=O)NC(=O)[C@H](C)NC(=O)CNC(=O)C(=O)[C@@H](N)Cc1ccccc1. The average molecular weight is 404 g/mol. The van der Waals surface area contributed by atoms with Crippen molar-refractivity contribution in [3.63, 3.8) is 0 Å². The second-order valence-electron chi connectivity index (χ2n) is 6.67. The Balaban J connectivity index is 2.42. The van der Waals surface area contributed by atoms with Crippen LogP contribution >= 0.6 is 0 Å². The fourth-order valence-corrected chi connectivity index (χ4v) is 2.53. The Morgan fingerprint density at radius 1 is 1.10 bits per heavy atom. The zero-order chi connectivity index (χ0) is 21.8. The normalized spacial score (nSPS) is 13.5. The van der Waals surface area contributed by atoms with Crippen LogP contribution in [0.1, 0.15) is 32.3 Å². The quantitative estimate of drug-likeness (QED) is 0.266. The van der Waals surface area contributed by atoms with Crippen LogP contribution in [0.5, 0.6) is 0 Å². The molecular formula is C20H28N4O5. The third-order valence-electron chi connectivity index (χ3n) is 4.13. The maximum Gasteiger partial charge on any atom is 0.289 e. The number of rotatable bonds is 12. The summed E-state index contributed by atoms with van der Waals surface area (Å²) in [5.74, 6) is -2.97. The van der Waals surface area contributed by atoms with E-state index in [0.29, 0.717) is 12.7 Å². The molecule has 158 valence electrons. The molecule has 0 aliphatic rings. The first-order chi connectivity index (χ1) is 13.8. The van der Waals surface area contributed by atoms with Gasteiger partial charge in [-0.1, -0.05) is 43.7 Å². The highest BCUT2D eigenvalue weighted by Gasteiger charge is 2.23. The van der Waals surface area contributed by atoms with Crippen molar-refractivity contribution >= 4 is 29.8 Å². The van der Waals surface area contributed by atoms with E-state index in [9.17, 15) is 24.0 Å². The molecule has 5 N–H and O–H groups in total. The predicted octanol–water partition coefficient (Wildman–Crippen LogP) is -0.770. The maximum absolute atomic E-state index is 12.0. The molecule has 29 heavy (non-hydrogen) atoms. The largest absolute Gasteiger partial charge is 0.345 e. The van der Waals surface area contributed by atoms with Gasteiger partial charge in [0.2, 0.25) is 17.6 Å². The van der Waals surface area contributed by atoms with E-state index in [1.165, 1.54) is 6.92 Å². The van der Waals surface area contributed by atoms with E-state index in [1.807, 2.05) is 13.0 Å². The van der Waals surface area contributed by atoms with Crippen LogP contribution in [0, 0.1) is 0 Å². The van der Waals surface area contributed by atoms with Crippen molar-refractivity contribution in [1.82, 2.24) is 16.0 Å². The van der Waals surface area contributed by atoms with Gasteiger partial charge in [-0.15, -0.1) is 0 Å². The highest BCUT2D eigenvalue weighted by Crippen LogP contribution is 2.02. The third kappa shape index (κ3) is 8.65. The van der Waals surface area contributed by atoms with E-state index in [-0.39, 0.29) is 6.42 Å². The molecule has 0 aliphatic carbocycles. The average Bonchev–Trinajstić information content (AvgIpc) is 2.71. The van der Waals surface area contributed by atoms with E-state index < -0.39 is 48.2 Å². The molecule has 0 saturated carbocycles. The monoisotopic (exact) mass is 404 g/mol. The van der Waals surface area contributed by atoms with Gasteiger partial charge in [0.15, 0.2) is 0 Å². The lowest BCUT2D eigenvalue weighted by molar-refractivity contribution is -0.139. The van der Waals surface area contributed by atoms with Gasteiger partial charge in [0.05, 0.1) is 18.6 Å². The molecule has 0 saturated heterocycles. The Hall–Kier alpha value is -3.07. The van der Waals surface area contributed by atoms with Crippen LogP contribution in [-0.4, -0.2) is 54.5 Å². The second kappa shape index (κ2) is 12.4. The topological polar surface area (TPSA) is 147 Å². The van der Waals surface area contributed by atoms with Gasteiger partial charge in [-0.3, -0.25) is 19.2 Å². The van der Waals surface area contributed by atoms with Crippen molar-refractivity contribution in [3.8, 4) is 0 Å². The van der Waals surface area contributed by atoms with Gasteiger partial charge in [0.1, 0.15) is 12.3 Å². The van der Waals surface area contributed by atoms with Crippen molar-refractivity contribution in [3.05, 3.63) is 35.9 Å². The molecule has 0 fully saturated rings. The molecular weight excluding hydrogens is 376 g/mol. The molecule has 0 radical (unpaired) electrons. The van der Waals surface area contributed by atoms with Gasteiger partial charge >= 0.3 is 0 Å².